The Morgan fingerprint density at radius 1 is 1.57 bits per heavy atom. The topological polar surface area (TPSA) is 99.3 Å². The molecule has 0 spiro atoms. The molecule has 10 heteroatoms. The lowest BCUT2D eigenvalue weighted by atomic mass is 10.3. The fraction of sp³-hybridized carbons (Fsp3) is 0.231. The number of methoxy groups -OCH3 is 1. The van der Waals surface area contributed by atoms with Gasteiger partial charge >= 0.3 is 5.82 Å². The van der Waals surface area contributed by atoms with Gasteiger partial charge in [-0.05, 0) is 46.0 Å². The van der Waals surface area contributed by atoms with Crippen LogP contribution in [0.3, 0.4) is 0 Å². The molecule has 122 valence electrons. The van der Waals surface area contributed by atoms with Gasteiger partial charge < -0.3 is 20.2 Å². The summed E-state index contributed by atoms with van der Waals surface area (Å²) in [6, 6.07) is 4.80. The Bertz CT molecular complexity index is 778. The summed E-state index contributed by atoms with van der Waals surface area (Å²) >= 11 is 8.99. The Labute approximate surface area is 144 Å². The zero-order valence-corrected chi connectivity index (χ0v) is 14.5. The Morgan fingerprint density at radius 3 is 2.83 bits per heavy atom. The van der Waals surface area contributed by atoms with Crippen molar-refractivity contribution in [1.29, 1.82) is 0 Å². The summed E-state index contributed by atoms with van der Waals surface area (Å²) in [7, 11) is 1.47. The van der Waals surface area contributed by atoms with Crippen molar-refractivity contribution in [3.8, 4) is 5.75 Å². The molecule has 0 unspecified atom stereocenters. The maximum Gasteiger partial charge on any atom is 0.404 e. The monoisotopic (exact) mass is 402 g/mol. The molecule has 1 amide bonds. The van der Waals surface area contributed by atoms with Gasteiger partial charge in [-0.2, -0.15) is 4.68 Å². The number of benzene rings is 1. The van der Waals surface area contributed by atoms with Gasteiger partial charge in [0.25, 0.3) is 0 Å². The van der Waals surface area contributed by atoms with Crippen LogP contribution in [0.5, 0.6) is 5.75 Å². The summed E-state index contributed by atoms with van der Waals surface area (Å²) in [5, 5.41) is 17.7. The molecule has 1 aromatic heterocycles. The fourth-order valence-corrected chi connectivity index (χ4v) is 2.48. The SMILES string of the molecule is COc1ccc(Cl)cc1NC(=O)Cn1nc([N+](=O)[O-])c(Br)c1C. The number of carbonyl (C=O) groups is 1. The zero-order valence-electron chi connectivity index (χ0n) is 12.2. The van der Waals surface area contributed by atoms with Crippen LogP contribution in [0.1, 0.15) is 5.69 Å². The number of hydrogen-bond donors (Lipinski definition) is 1. The minimum absolute atomic E-state index is 0.187. The van der Waals surface area contributed by atoms with E-state index in [0.29, 0.717) is 22.2 Å². The van der Waals surface area contributed by atoms with Crippen LogP contribution in [0.4, 0.5) is 11.5 Å². The van der Waals surface area contributed by atoms with E-state index in [9.17, 15) is 14.9 Å². The van der Waals surface area contributed by atoms with Crippen molar-refractivity contribution < 1.29 is 14.5 Å². The molecule has 0 fully saturated rings. The highest BCUT2D eigenvalue weighted by Crippen LogP contribution is 2.29. The van der Waals surface area contributed by atoms with Gasteiger partial charge in [-0.3, -0.25) is 4.79 Å². The maximum atomic E-state index is 12.1. The first-order valence-electron chi connectivity index (χ1n) is 6.34. The molecule has 0 bridgehead atoms. The van der Waals surface area contributed by atoms with Crippen molar-refractivity contribution in [1.82, 2.24) is 9.78 Å². The third-order valence-electron chi connectivity index (χ3n) is 3.02. The molecule has 8 nitrogen and oxygen atoms in total. The number of anilines is 1. The molecule has 0 saturated heterocycles. The van der Waals surface area contributed by atoms with E-state index in [2.05, 4.69) is 26.3 Å². The van der Waals surface area contributed by atoms with E-state index in [0.717, 1.165) is 0 Å². The second-order valence-corrected chi connectivity index (χ2v) is 5.76. The van der Waals surface area contributed by atoms with E-state index in [1.54, 1.807) is 25.1 Å². The average molecular weight is 404 g/mol. The minimum atomic E-state index is -0.620. The summed E-state index contributed by atoms with van der Waals surface area (Å²) in [6.45, 7) is 1.44. The molecule has 1 aromatic carbocycles. The first-order valence-corrected chi connectivity index (χ1v) is 7.51. The van der Waals surface area contributed by atoms with E-state index in [1.807, 2.05) is 0 Å². The third kappa shape index (κ3) is 3.80. The van der Waals surface area contributed by atoms with E-state index in [1.165, 1.54) is 11.8 Å². The predicted octanol–water partition coefficient (Wildman–Crippen LogP) is 3.16. The van der Waals surface area contributed by atoms with Gasteiger partial charge in [0, 0.05) is 5.02 Å². The lowest BCUT2D eigenvalue weighted by molar-refractivity contribution is -0.390. The van der Waals surface area contributed by atoms with Crippen LogP contribution in [0, 0.1) is 17.0 Å². The van der Waals surface area contributed by atoms with Crippen LogP contribution in [-0.2, 0) is 11.3 Å². The van der Waals surface area contributed by atoms with Crippen molar-refractivity contribution in [3.63, 3.8) is 0 Å². The minimum Gasteiger partial charge on any atom is -0.495 e. The average Bonchev–Trinajstić information content (AvgIpc) is 2.76. The molecule has 1 N–H and O–H groups in total. The van der Waals surface area contributed by atoms with E-state index in [-0.39, 0.29) is 16.8 Å². The fourth-order valence-electron chi connectivity index (χ4n) is 1.88. The summed E-state index contributed by atoms with van der Waals surface area (Å²) in [5.41, 5.74) is 0.883. The number of rotatable bonds is 5. The summed E-state index contributed by atoms with van der Waals surface area (Å²) < 4.78 is 6.63. The number of carbonyl (C=O) groups excluding carboxylic acids is 1. The smallest absolute Gasteiger partial charge is 0.404 e. The number of aromatic nitrogens is 2. The number of hydrogen-bond acceptors (Lipinski definition) is 5. The van der Waals surface area contributed by atoms with Crippen LogP contribution in [0.15, 0.2) is 22.7 Å². The van der Waals surface area contributed by atoms with Gasteiger partial charge in [-0.15, -0.1) is 0 Å². The number of nitrogens with zero attached hydrogens (tertiary/aromatic N) is 3. The maximum absolute atomic E-state index is 12.1. The molecule has 0 saturated carbocycles. The number of halogens is 2. The highest BCUT2D eigenvalue weighted by atomic mass is 79.9. The van der Waals surface area contributed by atoms with E-state index >= 15 is 0 Å². The molecule has 23 heavy (non-hydrogen) atoms. The van der Waals surface area contributed by atoms with Gasteiger partial charge in [0.05, 0.1) is 23.6 Å². The molecule has 0 radical (unpaired) electrons. The lowest BCUT2D eigenvalue weighted by Crippen LogP contribution is -2.20. The molecule has 2 rings (SSSR count). The van der Waals surface area contributed by atoms with Gasteiger partial charge in [0.2, 0.25) is 5.91 Å². The van der Waals surface area contributed by atoms with Crippen LogP contribution in [0.25, 0.3) is 0 Å². The second kappa shape index (κ2) is 6.97. The Balaban J connectivity index is 2.19. The highest BCUT2D eigenvalue weighted by molar-refractivity contribution is 9.10. The molecule has 2 aromatic rings. The number of amides is 1. The van der Waals surface area contributed by atoms with Crippen molar-refractivity contribution in [3.05, 3.63) is 43.5 Å². The molecule has 0 aliphatic heterocycles. The van der Waals surface area contributed by atoms with Crippen LogP contribution >= 0.6 is 27.5 Å². The summed E-state index contributed by atoms with van der Waals surface area (Å²) in [5.74, 6) is -0.304. The summed E-state index contributed by atoms with van der Waals surface area (Å²) in [6.07, 6.45) is 0. The first-order chi connectivity index (χ1) is 10.8. The van der Waals surface area contributed by atoms with Gasteiger partial charge in [-0.25, -0.2) is 0 Å². The van der Waals surface area contributed by atoms with Crippen molar-refractivity contribution in [2.45, 2.75) is 13.5 Å². The molecule has 1 heterocycles. The quantitative estimate of drug-likeness (QED) is 0.610. The normalized spacial score (nSPS) is 10.4. The lowest BCUT2D eigenvalue weighted by Gasteiger charge is -2.10. The van der Waals surface area contributed by atoms with E-state index in [4.69, 9.17) is 16.3 Å². The van der Waals surface area contributed by atoms with Crippen molar-refractivity contribution >= 4 is 44.9 Å². The predicted molar refractivity (Wildman–Crippen MR) is 88.0 cm³/mol. The number of nitro groups is 1. The Kier molecular flexibility index (Phi) is 5.22. The Hall–Kier alpha value is -2.13. The van der Waals surface area contributed by atoms with Crippen molar-refractivity contribution in [2.75, 3.05) is 12.4 Å². The van der Waals surface area contributed by atoms with Crippen molar-refractivity contribution in [2.24, 2.45) is 0 Å². The molecule has 0 atom stereocenters. The Morgan fingerprint density at radius 2 is 2.26 bits per heavy atom. The van der Waals surface area contributed by atoms with E-state index < -0.39 is 10.8 Å². The second-order valence-electron chi connectivity index (χ2n) is 4.53. The van der Waals surface area contributed by atoms with Crippen LogP contribution in [0.2, 0.25) is 5.02 Å². The van der Waals surface area contributed by atoms with Crippen LogP contribution < -0.4 is 10.1 Å². The van der Waals surface area contributed by atoms with Gasteiger partial charge in [-0.1, -0.05) is 11.6 Å². The van der Waals surface area contributed by atoms with Gasteiger partial charge in [0.15, 0.2) is 0 Å². The summed E-state index contributed by atoms with van der Waals surface area (Å²) in [4.78, 5) is 22.4. The molecule has 0 aliphatic carbocycles. The largest absolute Gasteiger partial charge is 0.495 e. The van der Waals surface area contributed by atoms with Crippen LogP contribution in [-0.4, -0.2) is 27.7 Å². The standard InChI is InChI=1S/C13H12BrClN4O4/c1-7-12(14)13(19(21)22)17-18(7)6-11(20)16-9-5-8(15)3-4-10(9)23-2/h3-5H,6H2,1-2H3,(H,16,20). The zero-order chi connectivity index (χ0) is 17.1. The highest BCUT2D eigenvalue weighted by Gasteiger charge is 2.24. The molecule has 0 aliphatic rings. The third-order valence-corrected chi connectivity index (χ3v) is 4.18. The number of nitrogens with one attached hydrogen (secondary N) is 1. The molecular formula is C13H12BrClN4O4. The first kappa shape index (κ1) is 17.2. The molecular weight excluding hydrogens is 392 g/mol. The van der Waals surface area contributed by atoms with Gasteiger partial charge in [0.1, 0.15) is 16.8 Å². The number of ether oxygens (including phenoxy) is 1.